The van der Waals surface area contributed by atoms with Gasteiger partial charge in [-0.05, 0) is 13.8 Å². The van der Waals surface area contributed by atoms with Crippen molar-refractivity contribution >= 4 is 11.6 Å². The lowest BCUT2D eigenvalue weighted by atomic mass is 10.2. The van der Waals surface area contributed by atoms with Gasteiger partial charge >= 0.3 is 0 Å². The van der Waals surface area contributed by atoms with Crippen LogP contribution >= 0.6 is 0 Å². The molecule has 0 aliphatic carbocycles. The minimum Gasteiger partial charge on any atom is -0.266 e. The molecule has 0 aromatic heterocycles. The Morgan fingerprint density at radius 3 is 2.50 bits per heavy atom. The Kier molecular flexibility index (Phi) is 1.55. The number of amides is 1. The Balaban J connectivity index is 3.00. The second kappa shape index (κ2) is 2.22. The SMILES string of the molecule is C/C=C1\C(=O)N(N)N=C1C. The third-order valence-corrected chi connectivity index (χ3v) is 1.37. The van der Waals surface area contributed by atoms with Crippen LogP contribution in [0.5, 0.6) is 0 Å². The maximum Gasteiger partial charge on any atom is 0.290 e. The molecule has 0 unspecified atom stereocenters. The first-order valence-electron chi connectivity index (χ1n) is 2.98. The van der Waals surface area contributed by atoms with Gasteiger partial charge in [0, 0.05) is 0 Å². The van der Waals surface area contributed by atoms with Crippen molar-refractivity contribution in [3.05, 3.63) is 11.6 Å². The molecule has 0 radical (unpaired) electrons. The Hall–Kier alpha value is -1.16. The van der Waals surface area contributed by atoms with E-state index in [1.165, 1.54) is 0 Å². The summed E-state index contributed by atoms with van der Waals surface area (Å²) in [6.07, 6.45) is 1.70. The molecule has 1 heterocycles. The molecular weight excluding hydrogens is 130 g/mol. The highest BCUT2D eigenvalue weighted by molar-refractivity contribution is 6.23. The summed E-state index contributed by atoms with van der Waals surface area (Å²) in [5, 5.41) is 4.58. The van der Waals surface area contributed by atoms with Crippen molar-refractivity contribution in [3.63, 3.8) is 0 Å². The number of rotatable bonds is 0. The van der Waals surface area contributed by atoms with E-state index in [0.717, 1.165) is 5.12 Å². The first-order valence-corrected chi connectivity index (χ1v) is 2.98. The van der Waals surface area contributed by atoms with E-state index >= 15 is 0 Å². The fourth-order valence-electron chi connectivity index (χ4n) is 0.871. The summed E-state index contributed by atoms with van der Waals surface area (Å²) in [6.45, 7) is 3.53. The summed E-state index contributed by atoms with van der Waals surface area (Å²) in [6, 6.07) is 0. The van der Waals surface area contributed by atoms with E-state index in [1.807, 2.05) is 0 Å². The van der Waals surface area contributed by atoms with Crippen LogP contribution in [0.4, 0.5) is 0 Å². The summed E-state index contributed by atoms with van der Waals surface area (Å²) in [5.41, 5.74) is 1.26. The molecule has 4 heteroatoms. The third kappa shape index (κ3) is 0.823. The van der Waals surface area contributed by atoms with Crippen LogP contribution in [0, 0.1) is 0 Å². The van der Waals surface area contributed by atoms with Crippen molar-refractivity contribution in [1.82, 2.24) is 5.12 Å². The van der Waals surface area contributed by atoms with Crippen molar-refractivity contribution in [2.45, 2.75) is 13.8 Å². The zero-order chi connectivity index (χ0) is 7.72. The van der Waals surface area contributed by atoms with Crippen molar-refractivity contribution in [2.75, 3.05) is 0 Å². The summed E-state index contributed by atoms with van der Waals surface area (Å²) in [5.74, 6) is 4.95. The molecule has 1 aliphatic rings. The average molecular weight is 139 g/mol. The molecule has 0 fully saturated rings. The normalized spacial score (nSPS) is 22.3. The van der Waals surface area contributed by atoms with Crippen LogP contribution in [0.15, 0.2) is 16.8 Å². The highest BCUT2D eigenvalue weighted by Crippen LogP contribution is 2.09. The highest BCUT2D eigenvalue weighted by Gasteiger charge is 2.23. The van der Waals surface area contributed by atoms with Gasteiger partial charge in [-0.25, -0.2) is 5.84 Å². The Bertz CT molecular complexity index is 229. The second-order valence-electron chi connectivity index (χ2n) is 2.04. The first-order chi connectivity index (χ1) is 4.66. The zero-order valence-corrected chi connectivity index (χ0v) is 5.96. The molecule has 0 atom stereocenters. The fraction of sp³-hybridized carbons (Fsp3) is 0.333. The van der Waals surface area contributed by atoms with Gasteiger partial charge in [0.2, 0.25) is 0 Å². The lowest BCUT2D eigenvalue weighted by molar-refractivity contribution is -0.125. The van der Waals surface area contributed by atoms with Gasteiger partial charge in [0.1, 0.15) is 0 Å². The maximum atomic E-state index is 11.0. The van der Waals surface area contributed by atoms with E-state index < -0.39 is 0 Å². The number of hydrogen-bond donors (Lipinski definition) is 1. The molecule has 0 spiro atoms. The second-order valence-corrected chi connectivity index (χ2v) is 2.04. The molecule has 0 aromatic carbocycles. The van der Waals surface area contributed by atoms with E-state index in [0.29, 0.717) is 11.3 Å². The minimum atomic E-state index is -0.236. The van der Waals surface area contributed by atoms with Gasteiger partial charge in [-0.15, -0.1) is 0 Å². The third-order valence-electron chi connectivity index (χ3n) is 1.37. The van der Waals surface area contributed by atoms with Gasteiger partial charge in [-0.2, -0.15) is 10.2 Å². The van der Waals surface area contributed by atoms with Gasteiger partial charge in [0.05, 0.1) is 11.3 Å². The summed E-state index contributed by atoms with van der Waals surface area (Å²) in [4.78, 5) is 11.0. The van der Waals surface area contributed by atoms with Crippen LogP contribution in [0.2, 0.25) is 0 Å². The molecule has 0 bridgehead atoms. The van der Waals surface area contributed by atoms with E-state index in [1.54, 1.807) is 19.9 Å². The Labute approximate surface area is 59.0 Å². The lowest BCUT2D eigenvalue weighted by Gasteiger charge is -1.99. The predicted octanol–water partition coefficient (Wildman–Crippen LogP) is 0.0245. The van der Waals surface area contributed by atoms with E-state index in [2.05, 4.69) is 5.10 Å². The number of allylic oxidation sites excluding steroid dienone is 1. The summed E-state index contributed by atoms with van der Waals surface area (Å²) >= 11 is 0. The van der Waals surface area contributed by atoms with E-state index in [9.17, 15) is 4.79 Å². The number of hydrazone groups is 1. The van der Waals surface area contributed by atoms with Crippen molar-refractivity contribution in [2.24, 2.45) is 10.9 Å². The van der Waals surface area contributed by atoms with Gasteiger partial charge in [0.25, 0.3) is 5.91 Å². The largest absolute Gasteiger partial charge is 0.290 e. The van der Waals surface area contributed by atoms with Gasteiger partial charge in [-0.3, -0.25) is 4.79 Å². The number of nitrogens with two attached hydrogens (primary N) is 1. The number of carbonyl (C=O) groups excluding carboxylic acids is 1. The number of hydrogen-bond acceptors (Lipinski definition) is 3. The quantitative estimate of drug-likeness (QED) is 0.292. The molecular formula is C6H9N3O. The minimum absolute atomic E-state index is 0.236. The smallest absolute Gasteiger partial charge is 0.266 e. The Morgan fingerprint density at radius 1 is 1.70 bits per heavy atom. The first kappa shape index (κ1) is 6.95. The topological polar surface area (TPSA) is 58.7 Å². The van der Waals surface area contributed by atoms with Crippen molar-refractivity contribution in [1.29, 1.82) is 0 Å². The van der Waals surface area contributed by atoms with Crippen LogP contribution < -0.4 is 5.84 Å². The fourth-order valence-corrected chi connectivity index (χ4v) is 0.871. The van der Waals surface area contributed by atoms with Crippen LogP contribution in [-0.4, -0.2) is 16.7 Å². The molecule has 1 rings (SSSR count). The molecule has 0 saturated carbocycles. The maximum absolute atomic E-state index is 11.0. The molecule has 10 heavy (non-hydrogen) atoms. The summed E-state index contributed by atoms with van der Waals surface area (Å²) < 4.78 is 0. The molecule has 2 N–H and O–H groups in total. The monoisotopic (exact) mass is 139 g/mol. The van der Waals surface area contributed by atoms with Crippen LogP contribution in [0.1, 0.15) is 13.8 Å². The highest BCUT2D eigenvalue weighted by atomic mass is 16.2. The van der Waals surface area contributed by atoms with Crippen LogP contribution in [-0.2, 0) is 4.79 Å². The van der Waals surface area contributed by atoms with Crippen molar-refractivity contribution in [3.8, 4) is 0 Å². The van der Waals surface area contributed by atoms with E-state index in [4.69, 9.17) is 5.84 Å². The van der Waals surface area contributed by atoms with Gasteiger partial charge in [-0.1, -0.05) is 6.08 Å². The number of nitrogens with zero attached hydrogens (tertiary/aromatic N) is 2. The molecule has 4 nitrogen and oxygen atoms in total. The standard InChI is InChI=1S/C6H9N3O/c1-3-5-4(2)8-9(7)6(5)10/h3H,7H2,1-2H3/b5-3-. The molecule has 0 saturated heterocycles. The van der Waals surface area contributed by atoms with Crippen LogP contribution in [0.25, 0.3) is 0 Å². The van der Waals surface area contributed by atoms with Crippen LogP contribution in [0.3, 0.4) is 0 Å². The van der Waals surface area contributed by atoms with Gasteiger partial charge < -0.3 is 0 Å². The zero-order valence-electron chi connectivity index (χ0n) is 5.96. The summed E-state index contributed by atoms with van der Waals surface area (Å²) in [7, 11) is 0. The van der Waals surface area contributed by atoms with Gasteiger partial charge in [0.15, 0.2) is 0 Å². The molecule has 1 amide bonds. The average Bonchev–Trinajstić information content (AvgIpc) is 2.09. The van der Waals surface area contributed by atoms with E-state index in [-0.39, 0.29) is 5.91 Å². The molecule has 54 valence electrons. The van der Waals surface area contributed by atoms with Crippen molar-refractivity contribution < 1.29 is 4.79 Å². The molecule has 1 aliphatic heterocycles. The number of carbonyl (C=O) groups is 1. The Morgan fingerprint density at radius 2 is 2.30 bits per heavy atom. The lowest BCUT2D eigenvalue weighted by Crippen LogP contribution is -2.28. The number of hydrazine groups is 1. The predicted molar refractivity (Wildman–Crippen MR) is 37.9 cm³/mol. The molecule has 0 aromatic rings.